The van der Waals surface area contributed by atoms with Crippen LogP contribution in [-0.2, 0) is 22.5 Å². The van der Waals surface area contributed by atoms with Crippen LogP contribution >= 0.6 is 0 Å². The topological polar surface area (TPSA) is 45.1 Å². The van der Waals surface area contributed by atoms with Gasteiger partial charge in [-0.15, -0.1) is 0 Å². The molecular weight excluding hydrogens is 422 g/mol. The Morgan fingerprint density at radius 1 is 0.971 bits per heavy atom. The van der Waals surface area contributed by atoms with Gasteiger partial charge in [0.1, 0.15) is 0 Å². The van der Waals surface area contributed by atoms with E-state index in [0.29, 0.717) is 6.04 Å². The molecule has 0 radical (unpaired) electrons. The highest BCUT2D eigenvalue weighted by molar-refractivity contribution is 5.83. The molecule has 0 amide bonds. The summed E-state index contributed by atoms with van der Waals surface area (Å²) in [5.41, 5.74) is 2.08. The minimum absolute atomic E-state index is 0.0712. The van der Waals surface area contributed by atoms with Gasteiger partial charge in [-0.3, -0.25) is 9.79 Å². The van der Waals surface area contributed by atoms with E-state index in [1.165, 1.54) is 29.0 Å². The largest absolute Gasteiger partial charge is 0.469 e. The predicted molar refractivity (Wildman–Crippen MR) is 137 cm³/mol. The van der Waals surface area contributed by atoms with Crippen LogP contribution in [0.3, 0.4) is 0 Å². The Morgan fingerprint density at radius 3 is 2.47 bits per heavy atom. The fourth-order valence-electron chi connectivity index (χ4n) is 5.47. The fourth-order valence-corrected chi connectivity index (χ4v) is 5.47. The first-order valence-corrected chi connectivity index (χ1v) is 12.2. The van der Waals surface area contributed by atoms with E-state index in [1.807, 2.05) is 24.5 Å². The number of fused-ring (bicyclic) bond motifs is 1. The average molecular weight is 456 g/mol. The van der Waals surface area contributed by atoms with Crippen molar-refractivity contribution in [3.8, 4) is 0 Å². The Labute approximate surface area is 202 Å². The molecule has 0 N–H and O–H groups in total. The molecule has 0 aromatic heterocycles. The number of rotatable bonds is 7. The second-order valence-electron chi connectivity index (χ2n) is 9.72. The molecule has 176 valence electrons. The van der Waals surface area contributed by atoms with Crippen LogP contribution in [0.1, 0.15) is 24.0 Å². The number of hydrogen-bond acceptors (Lipinski definition) is 5. The van der Waals surface area contributed by atoms with Crippen molar-refractivity contribution in [2.75, 3.05) is 33.3 Å². The van der Waals surface area contributed by atoms with Gasteiger partial charge >= 0.3 is 5.97 Å². The Morgan fingerprint density at radius 2 is 1.71 bits per heavy atom. The molecule has 3 aromatic carbocycles. The van der Waals surface area contributed by atoms with Crippen LogP contribution in [0.2, 0.25) is 0 Å². The van der Waals surface area contributed by atoms with Crippen LogP contribution in [-0.4, -0.2) is 61.4 Å². The highest BCUT2D eigenvalue weighted by Crippen LogP contribution is 2.37. The molecule has 1 fully saturated rings. The number of piperidine rings is 1. The van der Waals surface area contributed by atoms with Crippen LogP contribution in [0.25, 0.3) is 10.8 Å². The zero-order chi connectivity index (χ0) is 23.4. The summed E-state index contributed by atoms with van der Waals surface area (Å²) in [7, 11) is 1.52. The number of likely N-dealkylation sites (tertiary alicyclic amines) is 1. The van der Waals surface area contributed by atoms with Crippen LogP contribution in [0.5, 0.6) is 0 Å². The average Bonchev–Trinajstić information content (AvgIpc) is 3.31. The Hall–Kier alpha value is -3.18. The predicted octanol–water partition coefficient (Wildman–Crippen LogP) is 4.55. The lowest BCUT2D eigenvalue weighted by molar-refractivity contribution is -0.156. The van der Waals surface area contributed by atoms with Crippen LogP contribution < -0.4 is 0 Å². The number of benzene rings is 3. The lowest BCUT2D eigenvalue weighted by Gasteiger charge is -2.41. The number of carbonyl (C=O) groups is 1. The van der Waals surface area contributed by atoms with E-state index in [2.05, 4.69) is 69.4 Å². The number of aliphatic imine (C=N–C) groups is 1. The third-order valence-corrected chi connectivity index (χ3v) is 7.48. The second kappa shape index (κ2) is 9.98. The van der Waals surface area contributed by atoms with Gasteiger partial charge in [0, 0.05) is 13.1 Å². The summed E-state index contributed by atoms with van der Waals surface area (Å²) in [6, 6.07) is 25.9. The van der Waals surface area contributed by atoms with E-state index in [0.717, 1.165) is 52.0 Å². The Balaban J connectivity index is 1.21. The molecule has 1 saturated heterocycles. The van der Waals surface area contributed by atoms with E-state index in [9.17, 15) is 4.79 Å². The third kappa shape index (κ3) is 4.85. The second-order valence-corrected chi connectivity index (χ2v) is 9.72. The number of ether oxygens (including phenoxy) is 1. The standard InChI is InChI=1S/C29H33N3O2/c1-34-28(33)29(18-23-7-3-2-4-8-23)13-15-31(16-14-29)21-27-19-30-22-32(27)20-24-11-12-25-9-5-6-10-26(25)17-24/h2-12,17,22,27H,13-16,18-21H2,1H3. The molecule has 0 bridgehead atoms. The molecule has 34 heavy (non-hydrogen) atoms. The summed E-state index contributed by atoms with van der Waals surface area (Å²) >= 11 is 0. The van der Waals surface area contributed by atoms with Crippen molar-refractivity contribution < 1.29 is 9.53 Å². The quantitative estimate of drug-likeness (QED) is 0.491. The number of hydrogen-bond donors (Lipinski definition) is 0. The molecule has 0 saturated carbocycles. The molecule has 5 rings (SSSR count). The highest BCUT2D eigenvalue weighted by Gasteiger charge is 2.43. The van der Waals surface area contributed by atoms with Gasteiger partial charge in [-0.2, -0.15) is 0 Å². The minimum Gasteiger partial charge on any atom is -0.469 e. The van der Waals surface area contributed by atoms with Crippen molar-refractivity contribution in [1.82, 2.24) is 9.80 Å². The molecule has 5 nitrogen and oxygen atoms in total. The normalized spacial score (nSPS) is 20.0. The summed E-state index contributed by atoms with van der Waals surface area (Å²) in [6.07, 6.45) is 4.41. The monoisotopic (exact) mass is 455 g/mol. The molecule has 3 aromatic rings. The maximum atomic E-state index is 12.8. The number of esters is 1. The first-order chi connectivity index (χ1) is 16.6. The maximum absolute atomic E-state index is 12.8. The summed E-state index contributed by atoms with van der Waals surface area (Å²) in [4.78, 5) is 22.3. The zero-order valence-electron chi connectivity index (χ0n) is 19.9. The smallest absolute Gasteiger partial charge is 0.312 e. The number of methoxy groups -OCH3 is 1. The van der Waals surface area contributed by atoms with Crippen molar-refractivity contribution >= 4 is 23.1 Å². The van der Waals surface area contributed by atoms with Crippen molar-refractivity contribution in [2.45, 2.75) is 31.8 Å². The Bertz CT molecular complexity index is 1150. The van der Waals surface area contributed by atoms with Crippen molar-refractivity contribution in [3.05, 3.63) is 83.9 Å². The molecule has 2 heterocycles. The summed E-state index contributed by atoms with van der Waals surface area (Å²) in [5, 5.41) is 2.55. The summed E-state index contributed by atoms with van der Waals surface area (Å²) < 4.78 is 5.26. The van der Waals surface area contributed by atoms with Crippen molar-refractivity contribution in [1.29, 1.82) is 0 Å². The van der Waals surface area contributed by atoms with Crippen LogP contribution in [0.4, 0.5) is 0 Å². The molecule has 0 aliphatic carbocycles. The molecule has 2 aliphatic heterocycles. The molecular formula is C29H33N3O2. The lowest BCUT2D eigenvalue weighted by Crippen LogP contribution is -2.50. The molecule has 5 heteroatoms. The zero-order valence-corrected chi connectivity index (χ0v) is 19.9. The van der Waals surface area contributed by atoms with Gasteiger partial charge in [0.2, 0.25) is 0 Å². The van der Waals surface area contributed by atoms with Gasteiger partial charge in [-0.05, 0) is 60.3 Å². The van der Waals surface area contributed by atoms with Crippen LogP contribution in [0, 0.1) is 5.41 Å². The summed E-state index contributed by atoms with van der Waals surface area (Å²) in [6.45, 7) is 4.48. The maximum Gasteiger partial charge on any atom is 0.312 e. The Kier molecular flexibility index (Phi) is 6.63. The van der Waals surface area contributed by atoms with E-state index < -0.39 is 5.41 Å². The van der Waals surface area contributed by atoms with Gasteiger partial charge in [-0.1, -0.05) is 66.7 Å². The third-order valence-electron chi connectivity index (χ3n) is 7.48. The number of nitrogens with zero attached hydrogens (tertiary/aromatic N) is 3. The van der Waals surface area contributed by atoms with Gasteiger partial charge < -0.3 is 14.5 Å². The SMILES string of the molecule is COC(=O)C1(Cc2ccccc2)CCN(CC2CN=CN2Cc2ccc3ccccc3c2)CC1. The summed E-state index contributed by atoms with van der Waals surface area (Å²) in [5.74, 6) is -0.0712. The van der Waals surface area contributed by atoms with E-state index in [4.69, 9.17) is 4.74 Å². The van der Waals surface area contributed by atoms with E-state index in [1.54, 1.807) is 0 Å². The van der Waals surface area contributed by atoms with E-state index in [-0.39, 0.29) is 5.97 Å². The van der Waals surface area contributed by atoms with Gasteiger partial charge in [0.25, 0.3) is 0 Å². The molecule has 0 spiro atoms. The lowest BCUT2D eigenvalue weighted by atomic mass is 9.73. The van der Waals surface area contributed by atoms with Crippen LogP contribution in [0.15, 0.2) is 77.8 Å². The minimum atomic E-state index is -0.427. The van der Waals surface area contributed by atoms with Gasteiger partial charge in [0.15, 0.2) is 0 Å². The highest BCUT2D eigenvalue weighted by atomic mass is 16.5. The first kappa shape index (κ1) is 22.6. The number of carbonyl (C=O) groups excluding carboxylic acids is 1. The molecule has 2 aliphatic rings. The van der Waals surface area contributed by atoms with Gasteiger partial charge in [0.05, 0.1) is 31.4 Å². The molecule has 1 atom stereocenters. The van der Waals surface area contributed by atoms with Crippen molar-refractivity contribution in [3.63, 3.8) is 0 Å². The molecule has 1 unspecified atom stereocenters. The van der Waals surface area contributed by atoms with E-state index >= 15 is 0 Å². The fraction of sp³-hybridized carbons (Fsp3) is 0.379. The van der Waals surface area contributed by atoms with Crippen molar-refractivity contribution in [2.24, 2.45) is 10.4 Å². The first-order valence-electron chi connectivity index (χ1n) is 12.2. The van der Waals surface area contributed by atoms with Gasteiger partial charge in [-0.25, -0.2) is 0 Å².